The normalized spacial score (nSPS) is 27.7. The fourth-order valence-corrected chi connectivity index (χ4v) is 2.26. The largest absolute Gasteiger partial charge is 0.300 e. The lowest BCUT2D eigenvalue weighted by Gasteiger charge is -2.26. The monoisotopic (exact) mass is 196 g/mol. The predicted molar refractivity (Wildman–Crippen MR) is 56.0 cm³/mol. The van der Waals surface area contributed by atoms with Gasteiger partial charge in [0.25, 0.3) is 0 Å². The van der Waals surface area contributed by atoms with E-state index in [1.807, 2.05) is 13.8 Å². The van der Waals surface area contributed by atoms with Crippen molar-refractivity contribution in [3.63, 3.8) is 0 Å². The Morgan fingerprint density at radius 3 is 1.79 bits per heavy atom. The Balaban J connectivity index is 2.43. The minimum absolute atomic E-state index is 0.147. The molecule has 0 saturated heterocycles. The highest BCUT2D eigenvalue weighted by atomic mass is 16.1. The highest BCUT2D eigenvalue weighted by Gasteiger charge is 2.28. The molecule has 1 saturated carbocycles. The van der Waals surface area contributed by atoms with Crippen LogP contribution in [0.5, 0.6) is 0 Å². The molecule has 1 rings (SSSR count). The molecule has 14 heavy (non-hydrogen) atoms. The number of ketones is 2. The summed E-state index contributed by atoms with van der Waals surface area (Å²) in [5, 5.41) is 0. The van der Waals surface area contributed by atoms with Crippen LogP contribution in [0.4, 0.5) is 0 Å². The summed E-state index contributed by atoms with van der Waals surface area (Å²) in [7, 11) is 0. The molecule has 0 aliphatic heterocycles. The SMILES string of the molecule is CC(=O)C1CCC(C(=O)C(C)C)CC1. The molecule has 1 aliphatic rings. The van der Waals surface area contributed by atoms with E-state index in [0.717, 1.165) is 25.7 Å². The van der Waals surface area contributed by atoms with Gasteiger partial charge < -0.3 is 0 Å². The molecule has 0 bridgehead atoms. The molecule has 0 aromatic heterocycles. The molecule has 2 nitrogen and oxygen atoms in total. The maximum Gasteiger partial charge on any atom is 0.138 e. The Hall–Kier alpha value is -0.660. The molecule has 0 radical (unpaired) electrons. The minimum atomic E-state index is 0.147. The van der Waals surface area contributed by atoms with Gasteiger partial charge in [-0.3, -0.25) is 9.59 Å². The average molecular weight is 196 g/mol. The number of carbonyl (C=O) groups excluding carboxylic acids is 2. The van der Waals surface area contributed by atoms with Crippen molar-refractivity contribution in [2.24, 2.45) is 17.8 Å². The van der Waals surface area contributed by atoms with Gasteiger partial charge in [-0.25, -0.2) is 0 Å². The van der Waals surface area contributed by atoms with Gasteiger partial charge in [0.2, 0.25) is 0 Å². The first-order valence-corrected chi connectivity index (χ1v) is 5.56. The third-order valence-corrected chi connectivity index (χ3v) is 3.27. The minimum Gasteiger partial charge on any atom is -0.300 e. The number of carbonyl (C=O) groups is 2. The fraction of sp³-hybridized carbons (Fsp3) is 0.833. The Kier molecular flexibility index (Phi) is 3.85. The van der Waals surface area contributed by atoms with Crippen molar-refractivity contribution in [3.05, 3.63) is 0 Å². The van der Waals surface area contributed by atoms with Crippen LogP contribution in [0.15, 0.2) is 0 Å². The van der Waals surface area contributed by atoms with Gasteiger partial charge >= 0.3 is 0 Å². The first-order valence-electron chi connectivity index (χ1n) is 5.56. The van der Waals surface area contributed by atoms with E-state index in [9.17, 15) is 9.59 Å². The van der Waals surface area contributed by atoms with Crippen molar-refractivity contribution >= 4 is 11.6 Å². The molecule has 0 unspecified atom stereocenters. The molecule has 80 valence electrons. The number of hydrogen-bond donors (Lipinski definition) is 0. The second-order valence-electron chi connectivity index (χ2n) is 4.72. The van der Waals surface area contributed by atoms with E-state index in [2.05, 4.69) is 0 Å². The standard InChI is InChI=1S/C12H20O2/c1-8(2)12(14)11-6-4-10(5-7-11)9(3)13/h8,10-11H,4-7H2,1-3H3. The van der Waals surface area contributed by atoms with Crippen LogP contribution in [0, 0.1) is 17.8 Å². The van der Waals surface area contributed by atoms with E-state index in [1.54, 1.807) is 6.92 Å². The van der Waals surface area contributed by atoms with Gasteiger partial charge in [0.15, 0.2) is 0 Å². The second-order valence-corrected chi connectivity index (χ2v) is 4.72. The van der Waals surface area contributed by atoms with E-state index in [0.29, 0.717) is 11.6 Å². The highest BCUT2D eigenvalue weighted by molar-refractivity contribution is 5.83. The van der Waals surface area contributed by atoms with Crippen LogP contribution in [0.2, 0.25) is 0 Å². The van der Waals surface area contributed by atoms with Crippen LogP contribution < -0.4 is 0 Å². The first kappa shape index (κ1) is 11.4. The van der Waals surface area contributed by atoms with E-state index < -0.39 is 0 Å². The average Bonchev–Trinajstić information content (AvgIpc) is 2.16. The quantitative estimate of drug-likeness (QED) is 0.695. The van der Waals surface area contributed by atoms with Crippen molar-refractivity contribution < 1.29 is 9.59 Å². The zero-order chi connectivity index (χ0) is 10.7. The summed E-state index contributed by atoms with van der Waals surface area (Å²) in [5.74, 6) is 1.28. The number of hydrogen-bond acceptors (Lipinski definition) is 2. The summed E-state index contributed by atoms with van der Waals surface area (Å²) >= 11 is 0. The number of Topliss-reactive ketones (excluding diaryl/α,β-unsaturated/α-hetero) is 2. The molecule has 0 aromatic rings. The lowest BCUT2D eigenvalue weighted by atomic mass is 9.77. The van der Waals surface area contributed by atoms with Crippen LogP contribution in [0.3, 0.4) is 0 Å². The summed E-state index contributed by atoms with van der Waals surface area (Å²) in [6, 6.07) is 0. The summed E-state index contributed by atoms with van der Waals surface area (Å²) in [6.07, 6.45) is 3.67. The molecule has 0 atom stereocenters. The van der Waals surface area contributed by atoms with Crippen molar-refractivity contribution in [1.82, 2.24) is 0 Å². The second kappa shape index (κ2) is 4.72. The van der Waals surface area contributed by atoms with Crippen molar-refractivity contribution in [1.29, 1.82) is 0 Å². The Labute approximate surface area is 86.1 Å². The van der Waals surface area contributed by atoms with Crippen LogP contribution >= 0.6 is 0 Å². The number of rotatable bonds is 3. The molecule has 1 fully saturated rings. The molecule has 0 amide bonds. The zero-order valence-corrected chi connectivity index (χ0v) is 9.38. The topological polar surface area (TPSA) is 34.1 Å². The van der Waals surface area contributed by atoms with Crippen LogP contribution in [-0.4, -0.2) is 11.6 Å². The van der Waals surface area contributed by atoms with E-state index in [1.165, 1.54) is 0 Å². The lowest BCUT2D eigenvalue weighted by Crippen LogP contribution is -2.27. The van der Waals surface area contributed by atoms with Gasteiger partial charge in [-0.15, -0.1) is 0 Å². The van der Waals surface area contributed by atoms with Gasteiger partial charge in [0.05, 0.1) is 0 Å². The smallest absolute Gasteiger partial charge is 0.138 e. The Morgan fingerprint density at radius 1 is 1.00 bits per heavy atom. The van der Waals surface area contributed by atoms with Crippen molar-refractivity contribution in [3.8, 4) is 0 Å². The summed E-state index contributed by atoms with van der Waals surface area (Å²) < 4.78 is 0. The molecule has 1 aliphatic carbocycles. The Bertz CT molecular complexity index is 222. The highest BCUT2D eigenvalue weighted by Crippen LogP contribution is 2.31. The molecule has 0 N–H and O–H groups in total. The van der Waals surface area contributed by atoms with Crippen LogP contribution in [0.25, 0.3) is 0 Å². The summed E-state index contributed by atoms with van der Waals surface area (Å²) in [6.45, 7) is 5.58. The van der Waals surface area contributed by atoms with E-state index >= 15 is 0 Å². The molecule has 0 heterocycles. The maximum atomic E-state index is 11.7. The van der Waals surface area contributed by atoms with E-state index in [-0.39, 0.29) is 17.8 Å². The predicted octanol–water partition coefficient (Wildman–Crippen LogP) is 2.61. The summed E-state index contributed by atoms with van der Waals surface area (Å²) in [4.78, 5) is 22.8. The van der Waals surface area contributed by atoms with Gasteiger partial charge in [0, 0.05) is 17.8 Å². The Morgan fingerprint density at radius 2 is 1.43 bits per heavy atom. The lowest BCUT2D eigenvalue weighted by molar-refractivity contribution is -0.129. The van der Waals surface area contributed by atoms with Gasteiger partial charge in [-0.2, -0.15) is 0 Å². The maximum absolute atomic E-state index is 11.7. The third-order valence-electron chi connectivity index (χ3n) is 3.27. The zero-order valence-electron chi connectivity index (χ0n) is 9.38. The van der Waals surface area contributed by atoms with Crippen molar-refractivity contribution in [2.75, 3.05) is 0 Å². The summed E-state index contributed by atoms with van der Waals surface area (Å²) in [5.41, 5.74) is 0. The van der Waals surface area contributed by atoms with Gasteiger partial charge in [0.1, 0.15) is 11.6 Å². The first-order chi connectivity index (χ1) is 6.52. The third kappa shape index (κ3) is 2.66. The van der Waals surface area contributed by atoms with E-state index in [4.69, 9.17) is 0 Å². The van der Waals surface area contributed by atoms with Gasteiger partial charge in [-0.1, -0.05) is 13.8 Å². The molecule has 0 aromatic carbocycles. The van der Waals surface area contributed by atoms with Crippen LogP contribution in [0.1, 0.15) is 46.5 Å². The van der Waals surface area contributed by atoms with Crippen LogP contribution in [-0.2, 0) is 9.59 Å². The van der Waals surface area contributed by atoms with Crippen molar-refractivity contribution in [2.45, 2.75) is 46.5 Å². The molecule has 2 heteroatoms. The van der Waals surface area contributed by atoms with Gasteiger partial charge in [-0.05, 0) is 32.6 Å². The molecular weight excluding hydrogens is 176 g/mol. The molecular formula is C12H20O2. The molecule has 0 spiro atoms. The fourth-order valence-electron chi connectivity index (χ4n) is 2.26.